The molecule has 1 atom stereocenters. The van der Waals surface area contributed by atoms with E-state index in [2.05, 4.69) is 0 Å². The van der Waals surface area contributed by atoms with E-state index < -0.39 is 0 Å². The highest BCUT2D eigenvalue weighted by Gasteiger charge is 2.33. The summed E-state index contributed by atoms with van der Waals surface area (Å²) in [7, 11) is 0. The molecule has 1 fully saturated rings. The summed E-state index contributed by atoms with van der Waals surface area (Å²) in [5, 5.41) is 0. The average molecular weight is 253 g/mol. The molecule has 18 heavy (non-hydrogen) atoms. The molecular formula is C14H23NO3. The van der Waals surface area contributed by atoms with E-state index in [1.54, 1.807) is 17.9 Å². The van der Waals surface area contributed by atoms with E-state index in [1.165, 1.54) is 0 Å². The van der Waals surface area contributed by atoms with Crippen LogP contribution in [0.3, 0.4) is 0 Å². The molecule has 0 spiro atoms. The van der Waals surface area contributed by atoms with Crippen LogP contribution in [0.2, 0.25) is 0 Å². The van der Waals surface area contributed by atoms with Gasteiger partial charge in [0.2, 0.25) is 5.91 Å². The summed E-state index contributed by atoms with van der Waals surface area (Å²) in [6.07, 6.45) is 3.71. The van der Waals surface area contributed by atoms with Crippen LogP contribution < -0.4 is 0 Å². The molecule has 0 heterocycles. The van der Waals surface area contributed by atoms with Crippen LogP contribution in [0.1, 0.15) is 40.5 Å². The Morgan fingerprint density at radius 1 is 1.39 bits per heavy atom. The van der Waals surface area contributed by atoms with Gasteiger partial charge in [-0.2, -0.15) is 0 Å². The SMILES string of the molecule is CCOC(=O)C(C)CN(C(=O)C=C(C)C)C1CC1. The fourth-order valence-electron chi connectivity index (χ4n) is 1.79. The molecule has 0 aromatic carbocycles. The van der Waals surface area contributed by atoms with Gasteiger partial charge in [0.05, 0.1) is 12.5 Å². The summed E-state index contributed by atoms with van der Waals surface area (Å²) >= 11 is 0. The predicted octanol–water partition coefficient (Wildman–Crippen LogP) is 2.14. The van der Waals surface area contributed by atoms with Gasteiger partial charge < -0.3 is 9.64 Å². The summed E-state index contributed by atoms with van der Waals surface area (Å²) in [6.45, 7) is 8.23. The second-order valence-electron chi connectivity index (χ2n) is 5.10. The molecule has 1 aliphatic carbocycles. The van der Waals surface area contributed by atoms with Crippen molar-refractivity contribution >= 4 is 11.9 Å². The molecule has 4 nitrogen and oxygen atoms in total. The summed E-state index contributed by atoms with van der Waals surface area (Å²) in [4.78, 5) is 25.4. The van der Waals surface area contributed by atoms with Crippen LogP contribution in [-0.4, -0.2) is 36.0 Å². The van der Waals surface area contributed by atoms with E-state index in [9.17, 15) is 9.59 Å². The van der Waals surface area contributed by atoms with E-state index in [1.807, 2.05) is 20.8 Å². The molecule has 102 valence electrons. The molecule has 0 N–H and O–H groups in total. The molecule has 0 saturated heterocycles. The van der Waals surface area contributed by atoms with Gasteiger partial charge in [0, 0.05) is 18.7 Å². The number of carbonyl (C=O) groups is 2. The zero-order valence-corrected chi connectivity index (χ0v) is 11.7. The zero-order chi connectivity index (χ0) is 13.7. The molecule has 0 aromatic heterocycles. The van der Waals surface area contributed by atoms with E-state index in [0.717, 1.165) is 18.4 Å². The fourth-order valence-corrected chi connectivity index (χ4v) is 1.79. The number of esters is 1. The third-order valence-electron chi connectivity index (χ3n) is 2.84. The van der Waals surface area contributed by atoms with Crippen LogP contribution in [0.25, 0.3) is 0 Å². The van der Waals surface area contributed by atoms with Crippen molar-refractivity contribution in [1.29, 1.82) is 0 Å². The van der Waals surface area contributed by atoms with Gasteiger partial charge in [-0.25, -0.2) is 0 Å². The Kier molecular flexibility index (Phi) is 5.38. The van der Waals surface area contributed by atoms with Crippen LogP contribution in [0, 0.1) is 5.92 Å². The molecule has 4 heteroatoms. The lowest BCUT2D eigenvalue weighted by molar-refractivity contribution is -0.148. The van der Waals surface area contributed by atoms with Crippen molar-refractivity contribution in [2.45, 2.75) is 46.6 Å². The highest BCUT2D eigenvalue weighted by Crippen LogP contribution is 2.28. The van der Waals surface area contributed by atoms with Gasteiger partial charge >= 0.3 is 5.97 Å². The van der Waals surface area contributed by atoms with Crippen LogP contribution in [0.5, 0.6) is 0 Å². The molecule has 1 rings (SSSR count). The number of carbonyl (C=O) groups excluding carboxylic acids is 2. The highest BCUT2D eigenvalue weighted by atomic mass is 16.5. The Morgan fingerprint density at radius 2 is 2.00 bits per heavy atom. The third kappa shape index (κ3) is 4.51. The lowest BCUT2D eigenvalue weighted by Gasteiger charge is -2.24. The number of hydrogen-bond acceptors (Lipinski definition) is 3. The maximum atomic E-state index is 12.0. The summed E-state index contributed by atoms with van der Waals surface area (Å²) < 4.78 is 4.97. The minimum Gasteiger partial charge on any atom is -0.466 e. The van der Waals surface area contributed by atoms with Gasteiger partial charge in [0.15, 0.2) is 0 Å². The number of rotatable bonds is 6. The van der Waals surface area contributed by atoms with Crippen molar-refractivity contribution in [2.24, 2.45) is 5.92 Å². The normalized spacial score (nSPS) is 15.8. The topological polar surface area (TPSA) is 46.6 Å². The van der Waals surface area contributed by atoms with Crippen LogP contribution >= 0.6 is 0 Å². The van der Waals surface area contributed by atoms with Crippen molar-refractivity contribution in [3.05, 3.63) is 11.6 Å². The van der Waals surface area contributed by atoms with Gasteiger partial charge in [-0.15, -0.1) is 0 Å². The first kappa shape index (κ1) is 14.7. The molecule has 1 aliphatic rings. The second kappa shape index (κ2) is 6.57. The number of hydrogen-bond donors (Lipinski definition) is 0. The summed E-state index contributed by atoms with van der Waals surface area (Å²) in [5.74, 6) is -0.484. The Balaban J connectivity index is 2.61. The number of amides is 1. The van der Waals surface area contributed by atoms with Gasteiger partial charge in [0.25, 0.3) is 0 Å². The second-order valence-corrected chi connectivity index (χ2v) is 5.10. The third-order valence-corrected chi connectivity index (χ3v) is 2.84. The largest absolute Gasteiger partial charge is 0.466 e. The van der Waals surface area contributed by atoms with Crippen molar-refractivity contribution < 1.29 is 14.3 Å². The Morgan fingerprint density at radius 3 is 2.44 bits per heavy atom. The predicted molar refractivity (Wildman–Crippen MR) is 70.0 cm³/mol. The zero-order valence-electron chi connectivity index (χ0n) is 11.7. The quantitative estimate of drug-likeness (QED) is 0.538. The van der Waals surface area contributed by atoms with Gasteiger partial charge in [-0.3, -0.25) is 9.59 Å². The summed E-state index contributed by atoms with van der Waals surface area (Å²) in [5.41, 5.74) is 0.981. The van der Waals surface area contributed by atoms with Gasteiger partial charge in [0.1, 0.15) is 0 Å². The van der Waals surface area contributed by atoms with Crippen molar-refractivity contribution in [1.82, 2.24) is 4.90 Å². The number of nitrogens with zero attached hydrogens (tertiary/aromatic N) is 1. The Bertz CT molecular complexity index is 341. The van der Waals surface area contributed by atoms with E-state index in [4.69, 9.17) is 4.74 Å². The lowest BCUT2D eigenvalue weighted by Crippen LogP contribution is -2.38. The smallest absolute Gasteiger partial charge is 0.310 e. The van der Waals surface area contributed by atoms with Crippen molar-refractivity contribution in [3.63, 3.8) is 0 Å². The van der Waals surface area contributed by atoms with E-state index >= 15 is 0 Å². The van der Waals surface area contributed by atoms with Crippen LogP contribution in [-0.2, 0) is 14.3 Å². The first-order valence-corrected chi connectivity index (χ1v) is 6.57. The molecule has 1 saturated carbocycles. The monoisotopic (exact) mass is 253 g/mol. The van der Waals surface area contributed by atoms with Crippen molar-refractivity contribution in [2.75, 3.05) is 13.2 Å². The minimum absolute atomic E-state index is 0.00801. The molecule has 1 unspecified atom stereocenters. The molecular weight excluding hydrogens is 230 g/mol. The Labute approximate surface area is 109 Å². The summed E-state index contributed by atoms with van der Waals surface area (Å²) in [6, 6.07) is 0.310. The standard InChI is InChI=1S/C14H23NO3/c1-5-18-14(17)11(4)9-15(12-6-7-12)13(16)8-10(2)3/h8,11-12H,5-7,9H2,1-4H3. The lowest BCUT2D eigenvalue weighted by atomic mass is 10.1. The average Bonchev–Trinajstić information content (AvgIpc) is 3.08. The van der Waals surface area contributed by atoms with Crippen LogP contribution in [0.15, 0.2) is 11.6 Å². The van der Waals surface area contributed by atoms with Crippen molar-refractivity contribution in [3.8, 4) is 0 Å². The number of ether oxygens (including phenoxy) is 1. The molecule has 0 aliphatic heterocycles. The molecule has 0 aromatic rings. The minimum atomic E-state index is -0.264. The molecule has 1 amide bonds. The van der Waals surface area contributed by atoms with E-state index in [-0.39, 0.29) is 17.8 Å². The molecule has 0 radical (unpaired) electrons. The first-order valence-electron chi connectivity index (χ1n) is 6.57. The fraction of sp³-hybridized carbons (Fsp3) is 0.714. The highest BCUT2D eigenvalue weighted by molar-refractivity contribution is 5.89. The van der Waals surface area contributed by atoms with Crippen LogP contribution in [0.4, 0.5) is 0 Å². The number of allylic oxidation sites excluding steroid dienone is 1. The van der Waals surface area contributed by atoms with Gasteiger partial charge in [-0.05, 0) is 33.6 Å². The maximum absolute atomic E-state index is 12.0. The first-order chi connectivity index (χ1) is 8.45. The van der Waals surface area contributed by atoms with Gasteiger partial charge in [-0.1, -0.05) is 12.5 Å². The Hall–Kier alpha value is -1.32. The van der Waals surface area contributed by atoms with E-state index in [0.29, 0.717) is 19.2 Å². The molecule has 0 bridgehead atoms. The maximum Gasteiger partial charge on any atom is 0.310 e.